The number of nitrogens with zero attached hydrogens (tertiary/aromatic N) is 1. The van der Waals surface area contributed by atoms with Crippen molar-refractivity contribution in [1.29, 1.82) is 0 Å². The van der Waals surface area contributed by atoms with Gasteiger partial charge in [-0.15, -0.1) is 0 Å². The molecule has 0 radical (unpaired) electrons. The second-order valence-electron chi connectivity index (χ2n) is 6.33. The van der Waals surface area contributed by atoms with Gasteiger partial charge in [-0.3, -0.25) is 9.59 Å². The Kier molecular flexibility index (Phi) is 5.40. The topological polar surface area (TPSA) is 69.6 Å². The fraction of sp³-hybridized carbons (Fsp3) is 0.867. The predicted octanol–water partition coefficient (Wildman–Crippen LogP) is 1.34. The number of carbonyl (C=O) groups excluding carboxylic acids is 1. The van der Waals surface area contributed by atoms with E-state index < -0.39 is 5.97 Å². The highest BCUT2D eigenvalue weighted by Gasteiger charge is 2.32. The Bertz CT molecular complexity index is 351. The van der Waals surface area contributed by atoms with Gasteiger partial charge in [0.2, 0.25) is 5.91 Å². The molecule has 0 aromatic carbocycles. The molecule has 1 saturated heterocycles. The fourth-order valence-corrected chi connectivity index (χ4v) is 3.34. The molecule has 1 heterocycles. The number of likely N-dealkylation sites (tertiary alicyclic amines) is 1. The Morgan fingerprint density at radius 3 is 2.55 bits per heavy atom. The molecule has 1 aliphatic heterocycles. The van der Waals surface area contributed by atoms with E-state index >= 15 is 0 Å². The van der Waals surface area contributed by atoms with Crippen LogP contribution >= 0.6 is 0 Å². The van der Waals surface area contributed by atoms with Crippen LogP contribution in [-0.4, -0.2) is 48.1 Å². The Balaban J connectivity index is 1.67. The maximum absolute atomic E-state index is 12.0. The summed E-state index contributed by atoms with van der Waals surface area (Å²) < 4.78 is 0. The molecule has 2 N–H and O–H groups in total. The van der Waals surface area contributed by atoms with Crippen LogP contribution in [0.5, 0.6) is 0 Å². The Labute approximate surface area is 120 Å². The van der Waals surface area contributed by atoms with Crippen molar-refractivity contribution in [3.63, 3.8) is 0 Å². The van der Waals surface area contributed by atoms with E-state index in [1.807, 2.05) is 4.90 Å². The maximum Gasteiger partial charge on any atom is 0.306 e. The van der Waals surface area contributed by atoms with Gasteiger partial charge in [-0.05, 0) is 44.1 Å². The lowest BCUT2D eigenvalue weighted by Crippen LogP contribution is -2.43. The van der Waals surface area contributed by atoms with Gasteiger partial charge < -0.3 is 15.3 Å². The molecular formula is C15H26N2O3. The third kappa shape index (κ3) is 3.95. The van der Waals surface area contributed by atoms with Crippen LogP contribution in [0.3, 0.4) is 0 Å². The standard InChI is InChI=1S/C15H26N2O3/c1-11-5-7-17(8-6-11)14(18)10-16-9-12-3-2-4-13(12)15(19)20/h11-13,16H,2-10H2,1H3,(H,19,20). The summed E-state index contributed by atoms with van der Waals surface area (Å²) >= 11 is 0. The Morgan fingerprint density at radius 2 is 1.90 bits per heavy atom. The van der Waals surface area contributed by atoms with E-state index in [0.29, 0.717) is 13.1 Å². The normalized spacial score (nSPS) is 27.8. The minimum atomic E-state index is -0.689. The number of carbonyl (C=O) groups is 2. The quantitative estimate of drug-likeness (QED) is 0.798. The predicted molar refractivity (Wildman–Crippen MR) is 76.3 cm³/mol. The molecule has 2 fully saturated rings. The van der Waals surface area contributed by atoms with Gasteiger partial charge in [-0.1, -0.05) is 13.3 Å². The zero-order valence-corrected chi connectivity index (χ0v) is 12.3. The summed E-state index contributed by atoms with van der Waals surface area (Å²) in [6.45, 7) is 4.95. The summed E-state index contributed by atoms with van der Waals surface area (Å²) in [6, 6.07) is 0. The van der Waals surface area contributed by atoms with E-state index in [4.69, 9.17) is 5.11 Å². The molecule has 0 aromatic heterocycles. The number of carboxylic acids is 1. The zero-order valence-electron chi connectivity index (χ0n) is 12.3. The van der Waals surface area contributed by atoms with Crippen LogP contribution in [0.1, 0.15) is 39.0 Å². The molecule has 1 saturated carbocycles. The molecule has 1 aliphatic carbocycles. The van der Waals surface area contributed by atoms with Gasteiger partial charge in [0.05, 0.1) is 12.5 Å². The maximum atomic E-state index is 12.0. The van der Waals surface area contributed by atoms with Gasteiger partial charge in [0.1, 0.15) is 0 Å². The molecule has 5 heteroatoms. The van der Waals surface area contributed by atoms with Gasteiger partial charge >= 0.3 is 5.97 Å². The summed E-state index contributed by atoms with van der Waals surface area (Å²) in [5.74, 6) is 0.143. The van der Waals surface area contributed by atoms with Crippen molar-refractivity contribution in [2.24, 2.45) is 17.8 Å². The average Bonchev–Trinajstić information content (AvgIpc) is 2.88. The van der Waals surface area contributed by atoms with Crippen molar-refractivity contribution >= 4 is 11.9 Å². The van der Waals surface area contributed by atoms with E-state index in [9.17, 15) is 9.59 Å². The van der Waals surface area contributed by atoms with Crippen LogP contribution in [0.25, 0.3) is 0 Å². The molecule has 2 rings (SSSR count). The molecule has 2 atom stereocenters. The smallest absolute Gasteiger partial charge is 0.306 e. The number of nitrogens with one attached hydrogen (secondary N) is 1. The second kappa shape index (κ2) is 7.07. The summed E-state index contributed by atoms with van der Waals surface area (Å²) in [5, 5.41) is 12.3. The third-order valence-corrected chi connectivity index (χ3v) is 4.80. The van der Waals surface area contributed by atoms with E-state index in [-0.39, 0.29) is 17.7 Å². The van der Waals surface area contributed by atoms with Crippen molar-refractivity contribution in [2.75, 3.05) is 26.2 Å². The fourth-order valence-electron chi connectivity index (χ4n) is 3.34. The highest BCUT2D eigenvalue weighted by atomic mass is 16.4. The highest BCUT2D eigenvalue weighted by Crippen LogP contribution is 2.31. The first-order valence-corrected chi connectivity index (χ1v) is 7.79. The first-order valence-electron chi connectivity index (χ1n) is 7.79. The molecular weight excluding hydrogens is 256 g/mol. The molecule has 2 unspecified atom stereocenters. The lowest BCUT2D eigenvalue weighted by molar-refractivity contribution is -0.142. The van der Waals surface area contributed by atoms with Crippen molar-refractivity contribution in [1.82, 2.24) is 10.2 Å². The van der Waals surface area contributed by atoms with Crippen LogP contribution in [0.4, 0.5) is 0 Å². The SMILES string of the molecule is CC1CCN(C(=O)CNCC2CCCC2C(=O)O)CC1. The monoisotopic (exact) mass is 282 g/mol. The molecule has 0 spiro atoms. The van der Waals surface area contributed by atoms with E-state index in [1.54, 1.807) is 0 Å². The third-order valence-electron chi connectivity index (χ3n) is 4.80. The van der Waals surface area contributed by atoms with Gasteiger partial charge in [-0.2, -0.15) is 0 Å². The lowest BCUT2D eigenvalue weighted by Gasteiger charge is -2.30. The van der Waals surface area contributed by atoms with E-state index in [1.165, 1.54) is 0 Å². The molecule has 0 bridgehead atoms. The van der Waals surface area contributed by atoms with Crippen molar-refractivity contribution < 1.29 is 14.7 Å². The summed E-state index contributed by atoms with van der Waals surface area (Å²) in [4.78, 5) is 25.1. The zero-order chi connectivity index (χ0) is 14.5. The Hall–Kier alpha value is -1.10. The van der Waals surface area contributed by atoms with Gasteiger partial charge in [0.25, 0.3) is 0 Å². The number of carboxylic acid groups (broad SMARTS) is 1. The summed E-state index contributed by atoms with van der Waals surface area (Å²) in [5.41, 5.74) is 0. The molecule has 114 valence electrons. The summed E-state index contributed by atoms with van der Waals surface area (Å²) in [6.07, 6.45) is 4.91. The van der Waals surface area contributed by atoms with E-state index in [2.05, 4.69) is 12.2 Å². The average molecular weight is 282 g/mol. The molecule has 5 nitrogen and oxygen atoms in total. The van der Waals surface area contributed by atoms with Gasteiger partial charge in [-0.25, -0.2) is 0 Å². The van der Waals surface area contributed by atoms with Crippen LogP contribution in [0.2, 0.25) is 0 Å². The number of hydrogen-bond donors (Lipinski definition) is 2. The summed E-state index contributed by atoms with van der Waals surface area (Å²) in [7, 11) is 0. The number of amides is 1. The molecule has 1 amide bonds. The van der Waals surface area contributed by atoms with Gasteiger partial charge in [0, 0.05) is 13.1 Å². The second-order valence-corrected chi connectivity index (χ2v) is 6.33. The van der Waals surface area contributed by atoms with Crippen LogP contribution in [0, 0.1) is 17.8 Å². The van der Waals surface area contributed by atoms with Crippen LogP contribution < -0.4 is 5.32 Å². The minimum Gasteiger partial charge on any atom is -0.481 e. The highest BCUT2D eigenvalue weighted by molar-refractivity contribution is 5.78. The first-order chi connectivity index (χ1) is 9.58. The van der Waals surface area contributed by atoms with Crippen LogP contribution in [0.15, 0.2) is 0 Å². The van der Waals surface area contributed by atoms with Crippen molar-refractivity contribution in [3.05, 3.63) is 0 Å². The molecule has 2 aliphatic rings. The molecule has 0 aromatic rings. The number of rotatable bonds is 5. The molecule has 20 heavy (non-hydrogen) atoms. The number of piperidine rings is 1. The first kappa shape index (κ1) is 15.3. The number of aliphatic carboxylic acids is 1. The van der Waals surface area contributed by atoms with Crippen molar-refractivity contribution in [2.45, 2.75) is 39.0 Å². The van der Waals surface area contributed by atoms with E-state index in [0.717, 1.165) is 51.1 Å². The Morgan fingerprint density at radius 1 is 1.20 bits per heavy atom. The van der Waals surface area contributed by atoms with Crippen molar-refractivity contribution in [3.8, 4) is 0 Å². The number of hydrogen-bond acceptors (Lipinski definition) is 3. The van der Waals surface area contributed by atoms with Gasteiger partial charge in [0.15, 0.2) is 0 Å². The largest absolute Gasteiger partial charge is 0.481 e. The minimum absolute atomic E-state index is 0.154. The lowest BCUT2D eigenvalue weighted by atomic mass is 9.96. The van der Waals surface area contributed by atoms with Crippen LogP contribution in [-0.2, 0) is 9.59 Å².